The SMILES string of the molecule is CNCCC(=O)C12CC3CC(CC(C3)C1)C2. The Balaban J connectivity index is 1.75. The number of ketones is 1. The molecule has 2 nitrogen and oxygen atoms in total. The molecule has 2 heteroatoms. The molecule has 4 aliphatic carbocycles. The molecular formula is C14H23NO. The van der Waals surface area contributed by atoms with E-state index in [4.69, 9.17) is 0 Å². The molecule has 0 amide bonds. The van der Waals surface area contributed by atoms with Crippen LogP contribution >= 0.6 is 0 Å². The van der Waals surface area contributed by atoms with Crippen LogP contribution in [0.25, 0.3) is 0 Å². The predicted molar refractivity (Wildman–Crippen MR) is 64.2 cm³/mol. The molecule has 0 atom stereocenters. The van der Waals surface area contributed by atoms with E-state index in [0.717, 1.165) is 30.7 Å². The van der Waals surface area contributed by atoms with E-state index < -0.39 is 0 Å². The maximum absolute atomic E-state index is 12.4. The molecule has 0 heterocycles. The number of carbonyl (C=O) groups excluding carboxylic acids is 1. The molecule has 0 saturated heterocycles. The van der Waals surface area contributed by atoms with E-state index in [-0.39, 0.29) is 5.41 Å². The van der Waals surface area contributed by atoms with Crippen molar-refractivity contribution in [2.75, 3.05) is 13.6 Å². The van der Waals surface area contributed by atoms with Crippen LogP contribution in [-0.4, -0.2) is 19.4 Å². The zero-order chi connectivity index (χ0) is 11.2. The Bertz CT molecular complexity index is 262. The number of hydrogen-bond donors (Lipinski definition) is 1. The third-order valence-electron chi connectivity index (χ3n) is 5.23. The second-order valence-electron chi connectivity index (χ2n) is 6.47. The average molecular weight is 221 g/mol. The first-order valence-corrected chi connectivity index (χ1v) is 6.90. The Morgan fingerprint density at radius 3 is 2.06 bits per heavy atom. The van der Waals surface area contributed by atoms with Crippen LogP contribution in [0.4, 0.5) is 0 Å². The van der Waals surface area contributed by atoms with E-state index >= 15 is 0 Å². The van der Waals surface area contributed by atoms with Crippen LogP contribution in [-0.2, 0) is 4.79 Å². The van der Waals surface area contributed by atoms with Gasteiger partial charge in [0.15, 0.2) is 0 Å². The van der Waals surface area contributed by atoms with Crippen LogP contribution in [0.15, 0.2) is 0 Å². The van der Waals surface area contributed by atoms with Gasteiger partial charge in [-0.25, -0.2) is 0 Å². The summed E-state index contributed by atoms with van der Waals surface area (Å²) in [5, 5.41) is 3.11. The van der Waals surface area contributed by atoms with Crippen molar-refractivity contribution in [2.24, 2.45) is 23.2 Å². The first kappa shape index (κ1) is 10.8. The van der Waals surface area contributed by atoms with Gasteiger partial charge in [-0.1, -0.05) is 0 Å². The van der Waals surface area contributed by atoms with Gasteiger partial charge in [-0.05, 0) is 63.3 Å². The summed E-state index contributed by atoms with van der Waals surface area (Å²) in [6, 6.07) is 0. The third kappa shape index (κ3) is 1.62. The summed E-state index contributed by atoms with van der Waals surface area (Å²) in [5.41, 5.74) is 0.131. The Kier molecular flexibility index (Phi) is 2.58. The smallest absolute Gasteiger partial charge is 0.140 e. The summed E-state index contributed by atoms with van der Waals surface area (Å²) in [5.74, 6) is 3.25. The normalized spacial score (nSPS) is 44.9. The number of carbonyl (C=O) groups is 1. The molecule has 4 aliphatic rings. The van der Waals surface area contributed by atoms with Crippen molar-refractivity contribution in [2.45, 2.75) is 44.9 Å². The van der Waals surface area contributed by atoms with Crippen molar-refractivity contribution in [3.05, 3.63) is 0 Å². The maximum atomic E-state index is 12.4. The monoisotopic (exact) mass is 221 g/mol. The lowest BCUT2D eigenvalue weighted by atomic mass is 9.48. The zero-order valence-corrected chi connectivity index (χ0v) is 10.3. The van der Waals surface area contributed by atoms with Crippen molar-refractivity contribution < 1.29 is 4.79 Å². The van der Waals surface area contributed by atoms with Crippen LogP contribution in [0.5, 0.6) is 0 Å². The topological polar surface area (TPSA) is 29.1 Å². The highest BCUT2D eigenvalue weighted by atomic mass is 16.1. The van der Waals surface area contributed by atoms with E-state index in [1.807, 2.05) is 7.05 Å². The highest BCUT2D eigenvalue weighted by Crippen LogP contribution is 2.60. The van der Waals surface area contributed by atoms with Gasteiger partial charge in [0.1, 0.15) is 5.78 Å². The highest BCUT2D eigenvalue weighted by molar-refractivity contribution is 5.85. The number of rotatable bonds is 4. The Hall–Kier alpha value is -0.370. The van der Waals surface area contributed by atoms with Crippen molar-refractivity contribution in [3.63, 3.8) is 0 Å². The third-order valence-corrected chi connectivity index (χ3v) is 5.23. The first-order valence-electron chi connectivity index (χ1n) is 6.90. The van der Waals surface area contributed by atoms with Crippen LogP contribution < -0.4 is 5.32 Å². The standard InChI is InChI=1S/C14H23NO/c1-15-3-2-13(16)14-7-10-4-11(8-14)6-12(5-10)9-14/h10-12,15H,2-9H2,1H3. The molecule has 90 valence electrons. The van der Waals surface area contributed by atoms with Gasteiger partial charge in [0.05, 0.1) is 0 Å². The van der Waals surface area contributed by atoms with E-state index in [1.165, 1.54) is 38.5 Å². The molecule has 4 bridgehead atoms. The summed E-state index contributed by atoms with van der Waals surface area (Å²) in [6.45, 7) is 0.862. The minimum absolute atomic E-state index is 0.131. The van der Waals surface area contributed by atoms with E-state index in [9.17, 15) is 4.79 Å². The summed E-state index contributed by atoms with van der Waals surface area (Å²) < 4.78 is 0. The molecule has 4 rings (SSSR count). The molecule has 0 aliphatic heterocycles. The van der Waals surface area contributed by atoms with Crippen LogP contribution in [0.2, 0.25) is 0 Å². The summed E-state index contributed by atoms with van der Waals surface area (Å²) in [7, 11) is 1.94. The van der Waals surface area contributed by atoms with Gasteiger partial charge in [0.25, 0.3) is 0 Å². The Morgan fingerprint density at radius 1 is 1.12 bits per heavy atom. The fourth-order valence-corrected chi connectivity index (χ4v) is 4.96. The quantitative estimate of drug-likeness (QED) is 0.789. The zero-order valence-electron chi connectivity index (χ0n) is 10.3. The fraction of sp³-hybridized carbons (Fsp3) is 0.929. The minimum Gasteiger partial charge on any atom is -0.319 e. The van der Waals surface area contributed by atoms with Crippen molar-refractivity contribution in [3.8, 4) is 0 Å². The molecule has 16 heavy (non-hydrogen) atoms. The molecule has 0 spiro atoms. The number of Topliss-reactive ketones (excluding diaryl/α,β-unsaturated/α-hetero) is 1. The average Bonchev–Trinajstić information content (AvgIpc) is 2.24. The molecule has 1 N–H and O–H groups in total. The molecule has 4 saturated carbocycles. The number of hydrogen-bond acceptors (Lipinski definition) is 2. The Morgan fingerprint density at radius 2 is 1.62 bits per heavy atom. The molecule has 0 radical (unpaired) electrons. The fourth-order valence-electron chi connectivity index (χ4n) is 4.96. The van der Waals surface area contributed by atoms with E-state index in [1.54, 1.807) is 0 Å². The predicted octanol–water partition coefficient (Wildman–Crippen LogP) is 2.38. The Labute approximate surface area is 98.2 Å². The number of nitrogens with one attached hydrogen (secondary N) is 1. The molecule has 0 unspecified atom stereocenters. The second kappa shape index (κ2) is 3.83. The summed E-state index contributed by atoms with van der Waals surface area (Å²) >= 11 is 0. The van der Waals surface area contributed by atoms with Crippen molar-refractivity contribution >= 4 is 5.78 Å². The first-order chi connectivity index (χ1) is 7.72. The van der Waals surface area contributed by atoms with Crippen LogP contribution in [0.1, 0.15) is 44.9 Å². The van der Waals surface area contributed by atoms with Crippen LogP contribution in [0.3, 0.4) is 0 Å². The van der Waals surface area contributed by atoms with Gasteiger partial charge >= 0.3 is 0 Å². The van der Waals surface area contributed by atoms with Gasteiger partial charge < -0.3 is 5.32 Å². The van der Waals surface area contributed by atoms with Gasteiger partial charge in [-0.2, -0.15) is 0 Å². The lowest BCUT2D eigenvalue weighted by Crippen LogP contribution is -2.50. The summed E-state index contributed by atoms with van der Waals surface area (Å²) in [6.07, 6.45) is 8.71. The second-order valence-corrected chi connectivity index (χ2v) is 6.47. The lowest BCUT2D eigenvalue weighted by molar-refractivity contribution is -0.143. The highest BCUT2D eigenvalue weighted by Gasteiger charge is 2.53. The summed E-state index contributed by atoms with van der Waals surface area (Å²) in [4.78, 5) is 12.4. The molecule has 0 aromatic rings. The van der Waals surface area contributed by atoms with Gasteiger partial charge in [-0.3, -0.25) is 4.79 Å². The minimum atomic E-state index is 0.131. The van der Waals surface area contributed by atoms with Crippen LogP contribution in [0, 0.1) is 23.2 Å². The van der Waals surface area contributed by atoms with Crippen molar-refractivity contribution in [1.29, 1.82) is 0 Å². The lowest BCUT2D eigenvalue weighted by Gasteiger charge is -2.56. The molecular weight excluding hydrogens is 198 g/mol. The maximum Gasteiger partial charge on any atom is 0.140 e. The van der Waals surface area contributed by atoms with E-state index in [0.29, 0.717) is 5.78 Å². The van der Waals surface area contributed by atoms with Crippen molar-refractivity contribution in [1.82, 2.24) is 5.32 Å². The van der Waals surface area contributed by atoms with Gasteiger partial charge in [0, 0.05) is 18.4 Å². The molecule has 0 aromatic heterocycles. The van der Waals surface area contributed by atoms with E-state index in [2.05, 4.69) is 5.32 Å². The van der Waals surface area contributed by atoms with Gasteiger partial charge in [-0.15, -0.1) is 0 Å². The molecule has 4 fully saturated rings. The largest absolute Gasteiger partial charge is 0.319 e. The molecule has 0 aromatic carbocycles. The van der Waals surface area contributed by atoms with Gasteiger partial charge in [0.2, 0.25) is 0 Å².